The van der Waals surface area contributed by atoms with Crippen molar-refractivity contribution in [3.05, 3.63) is 36.5 Å². The zero-order valence-electron chi connectivity index (χ0n) is 26.2. The Labute approximate surface area is 247 Å². The topological polar surface area (TPSA) is 89.8 Å². The van der Waals surface area contributed by atoms with E-state index in [2.05, 4.69) is 43.5 Å². The fraction of sp³-hybridized carbons (Fsp3) is 0.800. The lowest BCUT2D eigenvalue weighted by Gasteiger charge is -2.21. The number of amides is 1. The molecule has 5 nitrogen and oxygen atoms in total. The fourth-order valence-corrected chi connectivity index (χ4v) is 4.77. The molecule has 0 aromatic rings. The summed E-state index contributed by atoms with van der Waals surface area (Å²) >= 11 is 0. The number of aliphatic hydroxyl groups is 3. The highest BCUT2D eigenvalue weighted by Crippen LogP contribution is 2.14. The zero-order chi connectivity index (χ0) is 29.5. The molecule has 3 atom stereocenters. The van der Waals surface area contributed by atoms with Gasteiger partial charge in [0.05, 0.1) is 31.3 Å². The predicted molar refractivity (Wildman–Crippen MR) is 171 cm³/mol. The van der Waals surface area contributed by atoms with Crippen LogP contribution in [0.4, 0.5) is 0 Å². The Bertz CT molecular complexity index is 631. The zero-order valence-corrected chi connectivity index (χ0v) is 26.2. The van der Waals surface area contributed by atoms with Crippen LogP contribution in [0.1, 0.15) is 155 Å². The average Bonchev–Trinajstić information content (AvgIpc) is 2.94. The van der Waals surface area contributed by atoms with Gasteiger partial charge >= 0.3 is 0 Å². The summed E-state index contributed by atoms with van der Waals surface area (Å²) in [6, 6.07) is -0.762. The molecule has 5 heteroatoms. The van der Waals surface area contributed by atoms with Crippen LogP contribution >= 0.6 is 0 Å². The molecule has 0 radical (unpaired) electrons. The quantitative estimate of drug-likeness (QED) is 0.0543. The van der Waals surface area contributed by atoms with Crippen molar-refractivity contribution < 1.29 is 20.1 Å². The molecule has 0 rings (SSSR count). The molecule has 234 valence electrons. The van der Waals surface area contributed by atoms with Crippen molar-refractivity contribution in [2.45, 2.75) is 173 Å². The Morgan fingerprint density at radius 3 is 1.57 bits per heavy atom. The smallest absolute Gasteiger partial charge is 0.222 e. The summed E-state index contributed by atoms with van der Waals surface area (Å²) in [6.45, 7) is 4.12. The Morgan fingerprint density at radius 2 is 1.07 bits per heavy atom. The Hall–Kier alpha value is -1.43. The van der Waals surface area contributed by atoms with Crippen LogP contribution in [0.2, 0.25) is 0 Å². The van der Waals surface area contributed by atoms with E-state index in [1.54, 1.807) is 6.08 Å². The third-order valence-corrected chi connectivity index (χ3v) is 7.41. The lowest BCUT2D eigenvalue weighted by molar-refractivity contribution is -0.124. The summed E-state index contributed by atoms with van der Waals surface area (Å²) in [7, 11) is 0. The van der Waals surface area contributed by atoms with E-state index in [-0.39, 0.29) is 18.9 Å². The maximum Gasteiger partial charge on any atom is 0.222 e. The van der Waals surface area contributed by atoms with E-state index in [9.17, 15) is 20.1 Å². The molecular weight excluding hydrogens is 498 g/mol. The Kier molecular flexibility index (Phi) is 29.4. The number of carbonyl (C=O) groups excluding carboxylic acids is 1. The van der Waals surface area contributed by atoms with Crippen molar-refractivity contribution in [3.8, 4) is 0 Å². The molecule has 3 unspecified atom stereocenters. The summed E-state index contributed by atoms with van der Waals surface area (Å²) in [5.74, 6) is -0.333. The number of aliphatic hydroxyl groups excluding tert-OH is 3. The van der Waals surface area contributed by atoms with Gasteiger partial charge in [-0.05, 0) is 38.5 Å². The van der Waals surface area contributed by atoms with Gasteiger partial charge in [0.15, 0.2) is 0 Å². The second-order valence-corrected chi connectivity index (χ2v) is 11.4. The molecule has 0 aromatic carbocycles. The van der Waals surface area contributed by atoms with Crippen LogP contribution in [0.15, 0.2) is 36.5 Å². The van der Waals surface area contributed by atoms with Crippen LogP contribution in [-0.2, 0) is 4.79 Å². The van der Waals surface area contributed by atoms with Crippen LogP contribution in [-0.4, -0.2) is 46.1 Å². The first kappa shape index (κ1) is 38.6. The van der Waals surface area contributed by atoms with Crippen molar-refractivity contribution >= 4 is 5.91 Å². The van der Waals surface area contributed by atoms with Gasteiger partial charge in [0.2, 0.25) is 5.91 Å². The first-order valence-corrected chi connectivity index (χ1v) is 16.8. The van der Waals surface area contributed by atoms with Gasteiger partial charge in [0, 0.05) is 0 Å². The van der Waals surface area contributed by atoms with Crippen molar-refractivity contribution in [2.75, 3.05) is 6.61 Å². The summed E-state index contributed by atoms with van der Waals surface area (Å²) in [5, 5.41) is 32.9. The SMILES string of the molecule is CCCC/C=C/CC/C=C/CC/C=C/C(O)C(CO)NC(=O)CC(O)CCCCCCCCCCCCCCC. The summed E-state index contributed by atoms with van der Waals surface area (Å²) < 4.78 is 0. The molecule has 0 aliphatic rings. The van der Waals surface area contributed by atoms with Gasteiger partial charge in [-0.15, -0.1) is 0 Å². The van der Waals surface area contributed by atoms with E-state index in [1.165, 1.54) is 89.9 Å². The van der Waals surface area contributed by atoms with Crippen molar-refractivity contribution in [1.82, 2.24) is 5.32 Å². The van der Waals surface area contributed by atoms with Gasteiger partial charge in [-0.25, -0.2) is 0 Å². The number of hydrogen-bond donors (Lipinski definition) is 4. The first-order valence-electron chi connectivity index (χ1n) is 16.8. The molecule has 0 heterocycles. The standard InChI is InChI=1S/C35H65NO4/c1-3-5-7-9-11-13-15-17-18-20-22-24-26-28-32(38)30-35(40)36-33(31-37)34(39)29-27-25-23-21-19-16-14-12-10-8-6-4-2/h10,12,19,21,27,29,32-34,37-39H,3-9,11,13-18,20,22-26,28,30-31H2,1-2H3,(H,36,40)/b12-10+,21-19+,29-27+. The second kappa shape index (κ2) is 30.5. The molecule has 40 heavy (non-hydrogen) atoms. The lowest BCUT2D eigenvalue weighted by atomic mass is 10.0. The number of nitrogens with one attached hydrogen (secondary N) is 1. The van der Waals surface area contributed by atoms with E-state index in [0.717, 1.165) is 38.5 Å². The molecule has 0 fully saturated rings. The maximum atomic E-state index is 12.3. The van der Waals surface area contributed by atoms with Crippen LogP contribution in [0.5, 0.6) is 0 Å². The molecule has 0 saturated carbocycles. The highest BCUT2D eigenvalue weighted by atomic mass is 16.3. The minimum absolute atomic E-state index is 0.00375. The van der Waals surface area contributed by atoms with E-state index < -0.39 is 18.2 Å². The Balaban J connectivity index is 3.84. The first-order chi connectivity index (χ1) is 19.5. The monoisotopic (exact) mass is 563 g/mol. The molecular formula is C35H65NO4. The largest absolute Gasteiger partial charge is 0.394 e. The van der Waals surface area contributed by atoms with Gasteiger partial charge in [-0.1, -0.05) is 147 Å². The minimum Gasteiger partial charge on any atom is -0.394 e. The van der Waals surface area contributed by atoms with Gasteiger partial charge in [-0.2, -0.15) is 0 Å². The number of allylic oxidation sites excluding steroid dienone is 5. The number of rotatable bonds is 29. The van der Waals surface area contributed by atoms with E-state index in [4.69, 9.17) is 0 Å². The number of hydrogen-bond acceptors (Lipinski definition) is 4. The summed E-state index contributed by atoms with van der Waals surface area (Å²) in [5.41, 5.74) is 0. The molecule has 0 spiro atoms. The number of unbranched alkanes of at least 4 members (excludes halogenated alkanes) is 16. The van der Waals surface area contributed by atoms with Gasteiger partial charge in [0.1, 0.15) is 0 Å². The summed E-state index contributed by atoms with van der Waals surface area (Å²) in [4.78, 5) is 12.3. The lowest BCUT2D eigenvalue weighted by Crippen LogP contribution is -2.45. The van der Waals surface area contributed by atoms with Crippen molar-refractivity contribution in [2.24, 2.45) is 0 Å². The van der Waals surface area contributed by atoms with E-state index >= 15 is 0 Å². The van der Waals surface area contributed by atoms with Gasteiger partial charge in [-0.3, -0.25) is 4.79 Å². The molecule has 4 N–H and O–H groups in total. The third kappa shape index (κ3) is 26.8. The van der Waals surface area contributed by atoms with Crippen molar-refractivity contribution in [3.63, 3.8) is 0 Å². The molecule has 0 saturated heterocycles. The van der Waals surface area contributed by atoms with Crippen LogP contribution < -0.4 is 5.32 Å². The highest BCUT2D eigenvalue weighted by Gasteiger charge is 2.20. The van der Waals surface area contributed by atoms with Crippen LogP contribution in [0, 0.1) is 0 Å². The van der Waals surface area contributed by atoms with Gasteiger partial charge < -0.3 is 20.6 Å². The normalized spacial score (nSPS) is 14.4. The van der Waals surface area contributed by atoms with Crippen LogP contribution in [0.3, 0.4) is 0 Å². The third-order valence-electron chi connectivity index (χ3n) is 7.41. The van der Waals surface area contributed by atoms with E-state index in [1.807, 2.05) is 6.08 Å². The van der Waals surface area contributed by atoms with Crippen molar-refractivity contribution in [1.29, 1.82) is 0 Å². The maximum absolute atomic E-state index is 12.3. The fourth-order valence-electron chi connectivity index (χ4n) is 4.77. The van der Waals surface area contributed by atoms with Gasteiger partial charge in [0.25, 0.3) is 0 Å². The van der Waals surface area contributed by atoms with E-state index in [0.29, 0.717) is 6.42 Å². The molecule has 0 aromatic heterocycles. The highest BCUT2D eigenvalue weighted by molar-refractivity contribution is 5.76. The second-order valence-electron chi connectivity index (χ2n) is 11.4. The minimum atomic E-state index is -0.954. The molecule has 1 amide bonds. The Morgan fingerprint density at radius 1 is 0.625 bits per heavy atom. The molecule has 0 aliphatic heterocycles. The predicted octanol–water partition coefficient (Wildman–Crippen LogP) is 8.48. The van der Waals surface area contributed by atoms with Crippen LogP contribution in [0.25, 0.3) is 0 Å². The molecule has 0 bridgehead atoms. The summed E-state index contributed by atoms with van der Waals surface area (Å²) in [6.07, 6.45) is 35.5. The molecule has 0 aliphatic carbocycles. The number of carbonyl (C=O) groups is 1. The average molecular weight is 564 g/mol.